The molecule has 1 saturated heterocycles. The lowest BCUT2D eigenvalue weighted by Crippen LogP contribution is -2.48. The molecule has 1 fully saturated rings. The average Bonchev–Trinajstić information content (AvgIpc) is 3.48. The van der Waals surface area contributed by atoms with E-state index in [1.54, 1.807) is 41.4 Å². The van der Waals surface area contributed by atoms with E-state index in [4.69, 9.17) is 4.74 Å². The van der Waals surface area contributed by atoms with Gasteiger partial charge in [-0.2, -0.15) is 9.78 Å². The fourth-order valence-electron chi connectivity index (χ4n) is 7.82. The van der Waals surface area contributed by atoms with Crippen LogP contribution >= 0.6 is 0 Å². The molecule has 232 valence electrons. The van der Waals surface area contributed by atoms with Gasteiger partial charge in [-0.1, -0.05) is 49.4 Å². The molecule has 0 aliphatic carbocycles. The lowest BCUT2D eigenvalue weighted by Gasteiger charge is -2.37. The molecule has 3 aliphatic rings. The number of carbonyl (C=O) groups is 2. The number of fused-ring (bicyclic) bond motifs is 4. The molecule has 4 heterocycles. The van der Waals surface area contributed by atoms with Gasteiger partial charge in [-0.15, -0.1) is 0 Å². The summed E-state index contributed by atoms with van der Waals surface area (Å²) in [5.41, 5.74) is 1.53. The van der Waals surface area contributed by atoms with Crippen molar-refractivity contribution in [3.05, 3.63) is 100.0 Å². The van der Waals surface area contributed by atoms with Crippen molar-refractivity contribution >= 4 is 36.6 Å². The topological polar surface area (TPSA) is 134 Å². The third kappa shape index (κ3) is 4.64. The van der Waals surface area contributed by atoms with Crippen molar-refractivity contribution < 1.29 is 24.2 Å². The molecule has 3 aliphatic heterocycles. The van der Waals surface area contributed by atoms with Gasteiger partial charge in [-0.05, 0) is 54.9 Å². The Morgan fingerprint density at radius 3 is 2.58 bits per heavy atom. The van der Waals surface area contributed by atoms with E-state index in [-0.39, 0.29) is 36.4 Å². The fraction of sp³-hybridized carbons (Fsp3) is 0.353. The number of ether oxygens (including phenoxy) is 1. The van der Waals surface area contributed by atoms with Gasteiger partial charge in [0.25, 0.3) is 11.5 Å². The summed E-state index contributed by atoms with van der Waals surface area (Å²) in [6, 6.07) is 20.0. The molecule has 3 aromatic carbocycles. The first-order valence-corrected chi connectivity index (χ1v) is 18.4. The maximum atomic E-state index is 13.9. The van der Waals surface area contributed by atoms with Crippen LogP contribution in [0.1, 0.15) is 30.0 Å². The average molecular weight is 625 g/mol. The Kier molecular flexibility index (Phi) is 7.04. The number of aliphatic hydroxyl groups is 1. The lowest BCUT2D eigenvalue weighted by atomic mass is 9.82. The normalized spacial score (nSPS) is 25.8. The zero-order valence-electron chi connectivity index (χ0n) is 25.4. The second-order valence-electron chi connectivity index (χ2n) is 13.0. The molecule has 3 N–H and O–H groups in total. The number of aliphatic hydroxyl groups excluding tert-OH is 1. The second-order valence-corrected chi connectivity index (χ2v) is 17.0. The fourth-order valence-corrected chi connectivity index (χ4v) is 10.4. The minimum absolute atomic E-state index is 0.0413. The van der Waals surface area contributed by atoms with Crippen LogP contribution in [0.5, 0.6) is 0 Å². The Balaban J connectivity index is 1.26. The maximum absolute atomic E-state index is 13.9. The molecule has 4 aromatic rings. The number of benzene rings is 3. The molecule has 2 amide bonds. The monoisotopic (exact) mass is 624 g/mol. The van der Waals surface area contributed by atoms with E-state index in [9.17, 15) is 24.3 Å². The molecule has 0 saturated carbocycles. The molecule has 10 nitrogen and oxygen atoms in total. The van der Waals surface area contributed by atoms with E-state index in [1.807, 2.05) is 56.4 Å². The largest absolute Gasteiger partial charge is 0.432 e. The summed E-state index contributed by atoms with van der Waals surface area (Å²) in [5, 5.41) is 18.8. The van der Waals surface area contributed by atoms with E-state index in [0.29, 0.717) is 35.3 Å². The van der Waals surface area contributed by atoms with Crippen LogP contribution in [0.4, 0.5) is 5.69 Å². The highest BCUT2D eigenvalue weighted by Crippen LogP contribution is 2.58. The third-order valence-electron chi connectivity index (χ3n) is 9.92. The van der Waals surface area contributed by atoms with Crippen molar-refractivity contribution in [3.63, 3.8) is 0 Å². The van der Waals surface area contributed by atoms with Gasteiger partial charge in [0.2, 0.25) is 5.91 Å². The molecule has 11 heteroatoms. The first-order chi connectivity index (χ1) is 21.5. The van der Waals surface area contributed by atoms with Crippen LogP contribution in [0.25, 0.3) is 16.5 Å². The molecule has 0 bridgehead atoms. The van der Waals surface area contributed by atoms with Crippen LogP contribution in [0, 0.1) is 5.92 Å². The molecule has 7 rings (SSSR count). The maximum Gasteiger partial charge on any atom is 0.279 e. The van der Waals surface area contributed by atoms with E-state index in [0.717, 1.165) is 16.5 Å². The Morgan fingerprint density at radius 2 is 1.82 bits per heavy atom. The van der Waals surface area contributed by atoms with Gasteiger partial charge in [0.15, 0.2) is 13.9 Å². The van der Waals surface area contributed by atoms with Crippen LogP contribution in [0.15, 0.2) is 77.7 Å². The zero-order chi connectivity index (χ0) is 31.7. The van der Waals surface area contributed by atoms with E-state index in [2.05, 4.69) is 10.4 Å². The van der Waals surface area contributed by atoms with Gasteiger partial charge >= 0.3 is 0 Å². The summed E-state index contributed by atoms with van der Waals surface area (Å²) < 4.78 is 8.05. The number of hydrogen-bond acceptors (Lipinski definition) is 7. The summed E-state index contributed by atoms with van der Waals surface area (Å²) in [4.78, 5) is 54.5. The lowest BCUT2D eigenvalue weighted by molar-refractivity contribution is -0.149. The molecular formula is C34H36N4O6Si. The molecule has 0 radical (unpaired) electrons. The van der Waals surface area contributed by atoms with Gasteiger partial charge in [-0.25, -0.2) is 0 Å². The predicted molar refractivity (Wildman–Crippen MR) is 171 cm³/mol. The van der Waals surface area contributed by atoms with Crippen molar-refractivity contribution in [1.29, 1.82) is 0 Å². The molecule has 0 unspecified atom stereocenters. The van der Waals surface area contributed by atoms with E-state index in [1.165, 1.54) is 4.68 Å². The van der Waals surface area contributed by atoms with Crippen molar-refractivity contribution in [2.75, 3.05) is 11.9 Å². The number of carbonyl (C=O) groups excluding carboxylic acids is 2. The summed E-state index contributed by atoms with van der Waals surface area (Å²) in [6.07, 6.45) is 1.40. The smallest absolute Gasteiger partial charge is 0.279 e. The Bertz CT molecular complexity index is 1900. The van der Waals surface area contributed by atoms with Gasteiger partial charge in [0.05, 0.1) is 42.4 Å². The molecular weight excluding hydrogens is 588 g/mol. The third-order valence-corrected chi connectivity index (χ3v) is 12.4. The Labute approximate surface area is 261 Å². The summed E-state index contributed by atoms with van der Waals surface area (Å²) in [7, 11) is -3.00. The molecule has 5 atom stereocenters. The van der Waals surface area contributed by atoms with Gasteiger partial charge in [0.1, 0.15) is 0 Å². The number of nitrogens with zero attached hydrogens (tertiary/aromatic N) is 3. The van der Waals surface area contributed by atoms with Crippen LogP contribution in [0.3, 0.4) is 0 Å². The summed E-state index contributed by atoms with van der Waals surface area (Å²) >= 11 is 0. The van der Waals surface area contributed by atoms with Crippen LogP contribution < -0.4 is 10.9 Å². The summed E-state index contributed by atoms with van der Waals surface area (Å²) in [6.45, 7) is 5.72. The highest BCUT2D eigenvalue weighted by Gasteiger charge is 2.65. The number of rotatable bonds is 5. The Hall–Kier alpha value is -4.16. The van der Waals surface area contributed by atoms with Crippen molar-refractivity contribution in [3.8, 4) is 5.69 Å². The van der Waals surface area contributed by atoms with Crippen molar-refractivity contribution in [2.45, 2.75) is 62.7 Å². The number of nitrogens with one attached hydrogen (secondary N) is 1. The van der Waals surface area contributed by atoms with E-state index < -0.39 is 31.5 Å². The van der Waals surface area contributed by atoms with Crippen molar-refractivity contribution in [2.24, 2.45) is 5.92 Å². The number of amides is 2. The summed E-state index contributed by atoms with van der Waals surface area (Å²) in [5.74, 6) is -1.03. The SMILES string of the molecule is C[C@H]1[C@H]([Si](C)(C)O)[C@@H](CC(=O)N2Cc3ccccc3C[C@H]2CO)O[C@]12C(=O)Nc1ccc(-n3ncc4ccccc4c3=O)cc12. The van der Waals surface area contributed by atoms with E-state index >= 15 is 0 Å². The second kappa shape index (κ2) is 10.7. The number of aromatic nitrogens is 2. The molecule has 1 spiro atoms. The first kappa shape index (κ1) is 29.5. The highest BCUT2D eigenvalue weighted by atomic mass is 28.4. The molecule has 45 heavy (non-hydrogen) atoms. The first-order valence-electron chi connectivity index (χ1n) is 15.3. The van der Waals surface area contributed by atoms with Crippen molar-refractivity contribution in [1.82, 2.24) is 14.7 Å². The number of hydrogen-bond donors (Lipinski definition) is 3. The highest BCUT2D eigenvalue weighted by molar-refractivity contribution is 6.71. The van der Waals surface area contributed by atoms with Crippen LogP contribution in [-0.2, 0) is 32.9 Å². The minimum Gasteiger partial charge on any atom is -0.432 e. The van der Waals surface area contributed by atoms with Gasteiger partial charge < -0.3 is 24.9 Å². The Morgan fingerprint density at radius 1 is 1.09 bits per heavy atom. The van der Waals surface area contributed by atoms with Crippen LogP contribution in [-0.4, -0.2) is 63.5 Å². The minimum atomic E-state index is -3.00. The predicted octanol–water partition coefficient (Wildman–Crippen LogP) is 3.47. The molecule has 1 aromatic heterocycles. The van der Waals surface area contributed by atoms with Crippen LogP contribution in [0.2, 0.25) is 18.6 Å². The van der Waals surface area contributed by atoms with Gasteiger partial charge in [-0.3, -0.25) is 14.4 Å². The zero-order valence-corrected chi connectivity index (χ0v) is 26.4. The standard InChI is InChI=1S/C34H36N4O6Si/c1-20-31(45(2,3)43)29(16-30(40)37-18-23-10-5-4-8-21(23)14-25(37)19-39)44-34(20)27-15-24(12-13-28(27)36-33(34)42)38-32(41)26-11-7-6-9-22(26)17-35-38/h4-13,15,17,20,25,29,31,39,43H,14,16,18-19H2,1-3H3,(H,36,42)/t20-,25-,29+,31-,34+/m0/s1. The van der Waals surface area contributed by atoms with Gasteiger partial charge in [0, 0.05) is 34.6 Å². The quantitative estimate of drug-likeness (QED) is 0.290. The number of anilines is 1.